The molecule has 0 saturated carbocycles. The van der Waals surface area contributed by atoms with Crippen LogP contribution in [0.4, 0.5) is 5.69 Å². The molecule has 0 spiro atoms. The Labute approximate surface area is 180 Å². The fourth-order valence-corrected chi connectivity index (χ4v) is 4.23. The molecule has 2 N–H and O–H groups in total. The van der Waals surface area contributed by atoms with Gasteiger partial charge in [-0.05, 0) is 39.4 Å². The first-order chi connectivity index (χ1) is 13.7. The van der Waals surface area contributed by atoms with Crippen molar-refractivity contribution in [1.82, 2.24) is 15.5 Å². The quantitative estimate of drug-likeness (QED) is 0.472. The monoisotopic (exact) mass is 443 g/mol. The maximum atomic E-state index is 11.4. The van der Waals surface area contributed by atoms with Crippen LogP contribution < -0.4 is 15.5 Å². The summed E-state index contributed by atoms with van der Waals surface area (Å²) in [5.74, 6) is 0.816. The van der Waals surface area contributed by atoms with E-state index in [2.05, 4.69) is 33.5 Å². The highest BCUT2D eigenvalue weighted by atomic mass is 35.5. The van der Waals surface area contributed by atoms with Crippen molar-refractivity contribution in [1.29, 1.82) is 0 Å². The van der Waals surface area contributed by atoms with Gasteiger partial charge in [-0.2, -0.15) is 0 Å². The summed E-state index contributed by atoms with van der Waals surface area (Å²) in [6.07, 6.45) is 1.79. The van der Waals surface area contributed by atoms with Crippen molar-refractivity contribution in [3.8, 4) is 0 Å². The lowest BCUT2D eigenvalue weighted by atomic mass is 10.1. The number of anilines is 1. The minimum Gasteiger partial charge on any atom is -0.369 e. The van der Waals surface area contributed by atoms with E-state index in [1.165, 1.54) is 6.26 Å². The molecule has 0 radical (unpaired) electrons. The summed E-state index contributed by atoms with van der Waals surface area (Å²) in [5.41, 5.74) is 2.15. The Hall–Kier alpha value is -1.51. The van der Waals surface area contributed by atoms with Crippen molar-refractivity contribution in [3.63, 3.8) is 0 Å². The van der Waals surface area contributed by atoms with Gasteiger partial charge in [-0.15, -0.1) is 0 Å². The van der Waals surface area contributed by atoms with Gasteiger partial charge in [-0.1, -0.05) is 17.7 Å². The summed E-state index contributed by atoms with van der Waals surface area (Å²) in [7, 11) is -0.838. The molecule has 1 aliphatic heterocycles. The lowest BCUT2D eigenvalue weighted by molar-refractivity contribution is 0.312. The van der Waals surface area contributed by atoms with Crippen molar-refractivity contribution in [2.45, 2.75) is 32.9 Å². The number of hydrogen-bond donors (Lipinski definition) is 2. The molecule has 1 aliphatic rings. The van der Waals surface area contributed by atoms with Crippen LogP contribution in [0.1, 0.15) is 25.8 Å². The van der Waals surface area contributed by atoms with Gasteiger partial charge in [0.25, 0.3) is 0 Å². The van der Waals surface area contributed by atoms with Gasteiger partial charge in [0.1, 0.15) is 9.84 Å². The Morgan fingerprint density at radius 3 is 2.59 bits per heavy atom. The molecule has 29 heavy (non-hydrogen) atoms. The predicted octanol–water partition coefficient (Wildman–Crippen LogP) is 1.97. The van der Waals surface area contributed by atoms with Crippen LogP contribution in [0.15, 0.2) is 23.2 Å². The maximum absolute atomic E-state index is 11.4. The second-order valence-corrected chi connectivity index (χ2v) is 10.4. The highest BCUT2D eigenvalue weighted by Gasteiger charge is 2.18. The molecule has 1 aromatic rings. The largest absolute Gasteiger partial charge is 0.369 e. The molecule has 9 heteroatoms. The zero-order valence-corrected chi connectivity index (χ0v) is 19.5. The SMILES string of the molecule is CCNC(=NCc1c(Cl)cccc1N1CCN(C)CC1)NC(C)CCS(C)(=O)=O. The van der Waals surface area contributed by atoms with Gasteiger partial charge in [-0.25, -0.2) is 13.4 Å². The molecule has 0 bridgehead atoms. The molecule has 1 fully saturated rings. The number of nitrogens with one attached hydrogen (secondary N) is 2. The molecule has 164 valence electrons. The van der Waals surface area contributed by atoms with E-state index >= 15 is 0 Å². The number of aliphatic imine (C=N–C) groups is 1. The highest BCUT2D eigenvalue weighted by molar-refractivity contribution is 7.90. The summed E-state index contributed by atoms with van der Waals surface area (Å²) in [6, 6.07) is 5.99. The number of rotatable bonds is 8. The lowest BCUT2D eigenvalue weighted by Crippen LogP contribution is -2.45. The minimum atomic E-state index is -2.98. The van der Waals surface area contributed by atoms with E-state index in [0.29, 0.717) is 23.9 Å². The maximum Gasteiger partial charge on any atom is 0.191 e. The molecule has 1 heterocycles. The molecule has 1 aromatic carbocycles. The second kappa shape index (κ2) is 11.0. The number of guanidine groups is 1. The Morgan fingerprint density at radius 2 is 1.97 bits per heavy atom. The number of nitrogens with zero attached hydrogens (tertiary/aromatic N) is 3. The zero-order valence-electron chi connectivity index (χ0n) is 17.9. The number of halogens is 1. The first-order valence-corrected chi connectivity index (χ1v) is 12.6. The molecule has 0 aromatic heterocycles. The summed E-state index contributed by atoms with van der Waals surface area (Å²) in [6.45, 7) is 9.12. The molecule has 1 unspecified atom stereocenters. The standard InChI is InChI=1S/C20H34ClN5O2S/c1-5-22-20(24-16(2)9-14-29(4,27)28)23-15-17-18(21)7-6-8-19(17)26-12-10-25(3)11-13-26/h6-8,16H,5,9-15H2,1-4H3,(H2,22,23,24). The molecular weight excluding hydrogens is 410 g/mol. The van der Waals surface area contributed by atoms with Gasteiger partial charge >= 0.3 is 0 Å². The number of sulfone groups is 1. The van der Waals surface area contributed by atoms with Crippen molar-refractivity contribution in [3.05, 3.63) is 28.8 Å². The summed E-state index contributed by atoms with van der Waals surface area (Å²) in [4.78, 5) is 9.41. The number of benzene rings is 1. The number of likely N-dealkylation sites (N-methyl/N-ethyl adjacent to an activating group) is 1. The van der Waals surface area contributed by atoms with E-state index in [9.17, 15) is 8.42 Å². The predicted molar refractivity (Wildman–Crippen MR) is 123 cm³/mol. The third-order valence-corrected chi connectivity index (χ3v) is 6.31. The first-order valence-electron chi connectivity index (χ1n) is 10.1. The zero-order chi connectivity index (χ0) is 21.4. The summed E-state index contributed by atoms with van der Waals surface area (Å²) in [5, 5.41) is 7.24. The molecule has 1 saturated heterocycles. The molecular formula is C20H34ClN5O2S. The van der Waals surface area contributed by atoms with Crippen LogP contribution in [0.3, 0.4) is 0 Å². The third-order valence-electron chi connectivity index (χ3n) is 4.98. The van der Waals surface area contributed by atoms with E-state index in [0.717, 1.165) is 44.0 Å². The van der Waals surface area contributed by atoms with Gasteiger partial charge in [0.2, 0.25) is 0 Å². The Morgan fingerprint density at radius 1 is 1.28 bits per heavy atom. The number of hydrogen-bond acceptors (Lipinski definition) is 5. The molecule has 7 nitrogen and oxygen atoms in total. The van der Waals surface area contributed by atoms with Crippen LogP contribution in [-0.4, -0.2) is 77.1 Å². The Balaban J connectivity index is 2.12. The Bertz CT molecular complexity index is 792. The second-order valence-electron chi connectivity index (χ2n) is 7.69. The van der Waals surface area contributed by atoms with E-state index in [1.54, 1.807) is 0 Å². The fourth-order valence-electron chi connectivity index (χ4n) is 3.22. The van der Waals surface area contributed by atoms with E-state index in [4.69, 9.17) is 16.6 Å². The minimum absolute atomic E-state index is 0.00845. The van der Waals surface area contributed by atoms with Gasteiger partial charge in [0.15, 0.2) is 5.96 Å². The van der Waals surface area contributed by atoms with Crippen LogP contribution in [-0.2, 0) is 16.4 Å². The van der Waals surface area contributed by atoms with Crippen LogP contribution in [0, 0.1) is 0 Å². The normalized spacial score (nSPS) is 17.3. The van der Waals surface area contributed by atoms with Crippen LogP contribution >= 0.6 is 11.6 Å². The molecule has 2 rings (SSSR count). The van der Waals surface area contributed by atoms with Crippen molar-refractivity contribution < 1.29 is 8.42 Å². The molecule has 0 amide bonds. The highest BCUT2D eigenvalue weighted by Crippen LogP contribution is 2.29. The van der Waals surface area contributed by atoms with Gasteiger partial charge in [0.05, 0.1) is 12.3 Å². The average molecular weight is 444 g/mol. The van der Waals surface area contributed by atoms with E-state index in [-0.39, 0.29) is 11.8 Å². The van der Waals surface area contributed by atoms with Crippen LogP contribution in [0.25, 0.3) is 0 Å². The van der Waals surface area contributed by atoms with E-state index < -0.39 is 9.84 Å². The topological polar surface area (TPSA) is 77.0 Å². The van der Waals surface area contributed by atoms with Gasteiger partial charge < -0.3 is 20.4 Å². The van der Waals surface area contributed by atoms with Crippen molar-refractivity contribution in [2.24, 2.45) is 4.99 Å². The molecule has 0 aliphatic carbocycles. The fraction of sp³-hybridized carbons (Fsp3) is 0.650. The smallest absolute Gasteiger partial charge is 0.191 e. The Kier molecular flexibility index (Phi) is 9.04. The summed E-state index contributed by atoms with van der Waals surface area (Å²) >= 11 is 6.53. The van der Waals surface area contributed by atoms with Crippen LogP contribution in [0.5, 0.6) is 0 Å². The average Bonchev–Trinajstić information content (AvgIpc) is 2.65. The lowest BCUT2D eigenvalue weighted by Gasteiger charge is -2.35. The van der Waals surface area contributed by atoms with Crippen molar-refractivity contribution in [2.75, 3.05) is 56.7 Å². The number of piperazine rings is 1. The van der Waals surface area contributed by atoms with Crippen molar-refractivity contribution >= 4 is 33.1 Å². The molecule has 1 atom stereocenters. The first kappa shape index (κ1) is 23.8. The van der Waals surface area contributed by atoms with E-state index in [1.807, 2.05) is 26.0 Å². The summed E-state index contributed by atoms with van der Waals surface area (Å²) < 4.78 is 22.8. The van der Waals surface area contributed by atoms with Gasteiger partial charge in [0, 0.05) is 61.3 Å². The van der Waals surface area contributed by atoms with Crippen LogP contribution in [0.2, 0.25) is 5.02 Å². The third kappa shape index (κ3) is 8.03. The van der Waals surface area contributed by atoms with Gasteiger partial charge in [-0.3, -0.25) is 0 Å².